The molecular formula is C11H22S3. The molecule has 1 fully saturated rings. The fourth-order valence-electron chi connectivity index (χ4n) is 1.52. The van der Waals surface area contributed by atoms with Crippen LogP contribution in [0.1, 0.15) is 45.4 Å². The van der Waals surface area contributed by atoms with Gasteiger partial charge >= 0.3 is 0 Å². The molecule has 0 saturated carbocycles. The van der Waals surface area contributed by atoms with E-state index in [4.69, 9.17) is 0 Å². The van der Waals surface area contributed by atoms with Crippen LogP contribution in [0.25, 0.3) is 0 Å². The summed E-state index contributed by atoms with van der Waals surface area (Å²) in [5, 5.41) is 0.959. The first kappa shape index (κ1) is 13.1. The lowest BCUT2D eigenvalue weighted by molar-refractivity contribution is 0.627. The lowest BCUT2D eigenvalue weighted by Gasteiger charge is -2.06. The largest absolute Gasteiger partial charge is 0.157 e. The van der Waals surface area contributed by atoms with E-state index in [2.05, 4.69) is 40.3 Å². The Bertz CT molecular complexity index is 122. The highest BCUT2D eigenvalue weighted by atomic mass is 33.1. The van der Waals surface area contributed by atoms with E-state index < -0.39 is 0 Å². The van der Waals surface area contributed by atoms with Crippen molar-refractivity contribution in [2.45, 2.75) is 50.7 Å². The summed E-state index contributed by atoms with van der Waals surface area (Å²) >= 11 is 2.21. The molecule has 0 aliphatic carbocycles. The van der Waals surface area contributed by atoms with Gasteiger partial charge < -0.3 is 0 Å². The third-order valence-electron chi connectivity index (χ3n) is 2.44. The summed E-state index contributed by atoms with van der Waals surface area (Å²) in [6.07, 6.45) is 8.62. The van der Waals surface area contributed by atoms with Gasteiger partial charge in [0.05, 0.1) is 0 Å². The second kappa shape index (κ2) is 9.29. The molecule has 0 nitrogen and oxygen atoms in total. The van der Waals surface area contributed by atoms with Crippen molar-refractivity contribution < 1.29 is 0 Å². The first-order valence-electron chi connectivity index (χ1n) is 5.79. The van der Waals surface area contributed by atoms with E-state index in [0.29, 0.717) is 0 Å². The lowest BCUT2D eigenvalue weighted by Crippen LogP contribution is -2.03. The zero-order chi connectivity index (χ0) is 10.1. The van der Waals surface area contributed by atoms with E-state index in [1.165, 1.54) is 55.8 Å². The Hall–Kier alpha value is 1.05. The zero-order valence-electron chi connectivity index (χ0n) is 9.17. The smallest absolute Gasteiger partial charge is 0.0245 e. The Morgan fingerprint density at radius 1 is 1.00 bits per heavy atom. The molecule has 1 heterocycles. The number of thioether (sulfide) groups is 1. The fourth-order valence-corrected chi connectivity index (χ4v) is 6.37. The molecule has 14 heavy (non-hydrogen) atoms. The van der Waals surface area contributed by atoms with Crippen LogP contribution in [0.2, 0.25) is 0 Å². The molecule has 1 aliphatic rings. The van der Waals surface area contributed by atoms with Gasteiger partial charge in [0.25, 0.3) is 0 Å². The van der Waals surface area contributed by atoms with Gasteiger partial charge in [0.1, 0.15) is 0 Å². The lowest BCUT2D eigenvalue weighted by atomic mass is 10.1. The molecule has 3 heteroatoms. The Balaban J connectivity index is 1.75. The molecule has 0 atom stereocenters. The van der Waals surface area contributed by atoms with Crippen LogP contribution in [0.15, 0.2) is 0 Å². The molecule has 84 valence electrons. The fraction of sp³-hybridized carbons (Fsp3) is 1.00. The average molecular weight is 250 g/mol. The van der Waals surface area contributed by atoms with Crippen LogP contribution in [0.4, 0.5) is 0 Å². The molecule has 0 radical (unpaired) electrons. The maximum absolute atomic E-state index is 2.28. The van der Waals surface area contributed by atoms with Crippen LogP contribution >= 0.6 is 33.3 Å². The predicted molar refractivity (Wildman–Crippen MR) is 74.5 cm³/mol. The highest BCUT2D eigenvalue weighted by Gasteiger charge is 2.15. The van der Waals surface area contributed by atoms with Gasteiger partial charge in [-0.05, 0) is 12.2 Å². The Morgan fingerprint density at radius 2 is 1.64 bits per heavy atom. The first-order chi connectivity index (χ1) is 6.93. The summed E-state index contributed by atoms with van der Waals surface area (Å²) < 4.78 is 0. The minimum atomic E-state index is 0.959. The van der Waals surface area contributed by atoms with Gasteiger partial charge in [-0.3, -0.25) is 0 Å². The molecule has 1 rings (SSSR count). The third-order valence-corrected chi connectivity index (χ3v) is 6.75. The molecule has 1 aliphatic heterocycles. The van der Waals surface area contributed by atoms with Gasteiger partial charge in [0.2, 0.25) is 0 Å². The zero-order valence-corrected chi connectivity index (χ0v) is 11.6. The quantitative estimate of drug-likeness (QED) is 0.447. The van der Waals surface area contributed by atoms with Crippen LogP contribution in [0, 0.1) is 0 Å². The predicted octanol–water partition coefficient (Wildman–Crippen LogP) is 4.84. The molecule has 1 saturated heterocycles. The second-order valence-electron chi connectivity index (χ2n) is 3.83. The number of hydrogen-bond acceptors (Lipinski definition) is 3. The van der Waals surface area contributed by atoms with Crippen LogP contribution in [0.3, 0.4) is 0 Å². The Kier molecular flexibility index (Phi) is 8.70. The van der Waals surface area contributed by atoms with E-state index >= 15 is 0 Å². The molecule has 0 unspecified atom stereocenters. The molecule has 0 bridgehead atoms. The normalized spacial score (nSPS) is 17.8. The third kappa shape index (κ3) is 6.52. The van der Waals surface area contributed by atoms with Crippen molar-refractivity contribution in [3.63, 3.8) is 0 Å². The summed E-state index contributed by atoms with van der Waals surface area (Å²) in [6.45, 7) is 2.28. The summed E-state index contributed by atoms with van der Waals surface area (Å²) in [5.41, 5.74) is 0. The van der Waals surface area contributed by atoms with Gasteiger partial charge in [0, 0.05) is 16.8 Å². The minimum Gasteiger partial charge on any atom is -0.157 e. The molecular weight excluding hydrogens is 228 g/mol. The van der Waals surface area contributed by atoms with E-state index in [1.54, 1.807) is 0 Å². The molecule has 0 spiro atoms. The first-order valence-corrected chi connectivity index (χ1v) is 9.33. The van der Waals surface area contributed by atoms with Gasteiger partial charge in [-0.1, -0.05) is 60.6 Å². The topological polar surface area (TPSA) is 0 Å². The highest BCUT2D eigenvalue weighted by molar-refractivity contribution is 8.77. The summed E-state index contributed by atoms with van der Waals surface area (Å²) in [7, 11) is 4.11. The van der Waals surface area contributed by atoms with Crippen LogP contribution in [-0.4, -0.2) is 22.5 Å². The summed E-state index contributed by atoms with van der Waals surface area (Å²) in [6, 6.07) is 0. The van der Waals surface area contributed by atoms with E-state index in [9.17, 15) is 0 Å². The monoisotopic (exact) mass is 250 g/mol. The standard InChI is InChI=1S/C11H22S3/c1-2-3-4-5-6-7-8-12-11-9-13-14-10-11/h11H,2-10H2,1H3. The Morgan fingerprint density at radius 3 is 2.36 bits per heavy atom. The van der Waals surface area contributed by atoms with E-state index in [0.717, 1.165) is 5.25 Å². The molecule has 0 amide bonds. The van der Waals surface area contributed by atoms with Gasteiger partial charge in [0.15, 0.2) is 0 Å². The van der Waals surface area contributed by atoms with Crippen molar-refractivity contribution in [3.8, 4) is 0 Å². The Labute approximate surface area is 101 Å². The van der Waals surface area contributed by atoms with Crippen molar-refractivity contribution in [2.24, 2.45) is 0 Å². The average Bonchev–Trinajstić information content (AvgIpc) is 2.69. The van der Waals surface area contributed by atoms with E-state index in [1.807, 2.05) is 0 Å². The van der Waals surface area contributed by atoms with E-state index in [-0.39, 0.29) is 0 Å². The van der Waals surface area contributed by atoms with Crippen molar-refractivity contribution in [2.75, 3.05) is 17.3 Å². The second-order valence-corrected chi connectivity index (χ2v) is 7.79. The molecule has 0 aromatic rings. The maximum Gasteiger partial charge on any atom is 0.0245 e. The van der Waals surface area contributed by atoms with Gasteiger partial charge in [-0.25, -0.2) is 0 Å². The minimum absolute atomic E-state index is 0.959. The number of rotatable bonds is 8. The SMILES string of the molecule is CCCCCCCCSC1CSSC1. The van der Waals surface area contributed by atoms with Crippen LogP contribution in [0.5, 0.6) is 0 Å². The highest BCUT2D eigenvalue weighted by Crippen LogP contribution is 2.36. The molecule has 0 N–H and O–H groups in total. The van der Waals surface area contributed by atoms with Gasteiger partial charge in [-0.15, -0.1) is 0 Å². The van der Waals surface area contributed by atoms with Crippen molar-refractivity contribution in [3.05, 3.63) is 0 Å². The van der Waals surface area contributed by atoms with Crippen LogP contribution in [-0.2, 0) is 0 Å². The van der Waals surface area contributed by atoms with Crippen LogP contribution < -0.4 is 0 Å². The van der Waals surface area contributed by atoms with Gasteiger partial charge in [-0.2, -0.15) is 11.8 Å². The van der Waals surface area contributed by atoms with Crippen molar-refractivity contribution >= 4 is 33.3 Å². The molecule has 0 aromatic carbocycles. The van der Waals surface area contributed by atoms with Crippen molar-refractivity contribution in [1.29, 1.82) is 0 Å². The maximum atomic E-state index is 2.28. The summed E-state index contributed by atoms with van der Waals surface area (Å²) in [4.78, 5) is 0. The number of unbranched alkanes of at least 4 members (excludes halogenated alkanes) is 5. The summed E-state index contributed by atoms with van der Waals surface area (Å²) in [5.74, 6) is 4.16. The number of hydrogen-bond donors (Lipinski definition) is 0. The van der Waals surface area contributed by atoms with Crippen molar-refractivity contribution in [1.82, 2.24) is 0 Å². The molecule has 0 aromatic heterocycles.